The molecule has 3 nitrogen and oxygen atoms in total. The minimum Gasteiger partial charge on any atom is -0.351 e. The molecule has 5 heteroatoms. The van der Waals surface area contributed by atoms with Crippen molar-refractivity contribution in [1.82, 2.24) is 10.2 Å². The molecule has 25 heavy (non-hydrogen) atoms. The Bertz CT molecular complexity index is 699. The van der Waals surface area contributed by atoms with Gasteiger partial charge in [-0.1, -0.05) is 40.2 Å². The van der Waals surface area contributed by atoms with Crippen LogP contribution in [0, 0.1) is 0 Å². The summed E-state index contributed by atoms with van der Waals surface area (Å²) >= 11 is 4.98. The Labute approximate surface area is 162 Å². The first-order valence-corrected chi connectivity index (χ1v) is 10.4. The number of hydrogen-bond donors (Lipinski definition) is 1. The van der Waals surface area contributed by atoms with Gasteiger partial charge in [0.2, 0.25) is 5.91 Å². The van der Waals surface area contributed by atoms with Crippen LogP contribution < -0.4 is 5.32 Å². The monoisotopic (exact) mass is 418 g/mol. The molecule has 0 aromatic heterocycles. The molecule has 3 rings (SSSR count). The molecule has 1 N–H and O–H groups in total. The lowest BCUT2D eigenvalue weighted by molar-refractivity contribution is -0.118. The van der Waals surface area contributed by atoms with Crippen LogP contribution in [0.5, 0.6) is 0 Å². The van der Waals surface area contributed by atoms with Crippen molar-refractivity contribution < 1.29 is 4.79 Å². The Kier molecular flexibility index (Phi) is 6.96. The molecule has 0 saturated carbocycles. The third kappa shape index (κ3) is 5.87. The van der Waals surface area contributed by atoms with E-state index in [-0.39, 0.29) is 5.91 Å². The van der Waals surface area contributed by atoms with Crippen LogP contribution in [0.2, 0.25) is 0 Å². The Hall–Kier alpha value is -1.30. The van der Waals surface area contributed by atoms with Gasteiger partial charge in [0.15, 0.2) is 0 Å². The summed E-state index contributed by atoms with van der Waals surface area (Å²) in [5.41, 5.74) is 2.54. The second-order valence-corrected chi connectivity index (χ2v) is 8.24. The molecular formula is C20H23BrN2OS. The van der Waals surface area contributed by atoms with E-state index in [9.17, 15) is 4.79 Å². The molecule has 0 spiro atoms. The number of carbonyl (C=O) groups excluding carboxylic acids is 1. The maximum absolute atomic E-state index is 12.2. The van der Waals surface area contributed by atoms with E-state index in [0.717, 1.165) is 15.9 Å². The highest BCUT2D eigenvalue weighted by atomic mass is 79.9. The number of carbonyl (C=O) groups is 1. The average molecular weight is 419 g/mol. The number of benzene rings is 2. The lowest BCUT2D eigenvalue weighted by Crippen LogP contribution is -2.26. The maximum Gasteiger partial charge on any atom is 0.230 e. The molecular weight excluding hydrogens is 396 g/mol. The van der Waals surface area contributed by atoms with Gasteiger partial charge >= 0.3 is 0 Å². The van der Waals surface area contributed by atoms with Crippen LogP contribution >= 0.6 is 27.7 Å². The van der Waals surface area contributed by atoms with Gasteiger partial charge in [0.05, 0.1) is 5.75 Å². The molecule has 0 radical (unpaired) electrons. The average Bonchev–Trinajstić information content (AvgIpc) is 3.13. The third-order valence-electron chi connectivity index (χ3n) is 4.37. The third-order valence-corrected chi connectivity index (χ3v) is 5.91. The zero-order valence-electron chi connectivity index (χ0n) is 14.2. The van der Waals surface area contributed by atoms with Crippen molar-refractivity contribution in [2.24, 2.45) is 0 Å². The van der Waals surface area contributed by atoms with Crippen molar-refractivity contribution >= 4 is 33.6 Å². The van der Waals surface area contributed by atoms with Crippen molar-refractivity contribution in [2.75, 3.05) is 18.8 Å². The van der Waals surface area contributed by atoms with E-state index >= 15 is 0 Å². The second kappa shape index (κ2) is 9.41. The van der Waals surface area contributed by atoms with E-state index in [1.807, 2.05) is 30.3 Å². The molecule has 1 fully saturated rings. The molecule has 1 aliphatic rings. The predicted molar refractivity (Wildman–Crippen MR) is 108 cm³/mol. The Balaban J connectivity index is 1.49. The Morgan fingerprint density at radius 1 is 1.04 bits per heavy atom. The van der Waals surface area contributed by atoms with Crippen molar-refractivity contribution in [2.45, 2.75) is 30.8 Å². The number of halogens is 1. The van der Waals surface area contributed by atoms with Gasteiger partial charge in [-0.25, -0.2) is 0 Å². The van der Waals surface area contributed by atoms with Crippen LogP contribution in [0.15, 0.2) is 57.9 Å². The zero-order chi connectivity index (χ0) is 17.5. The number of rotatable bonds is 7. The molecule has 132 valence electrons. The minimum atomic E-state index is 0.0731. The molecule has 0 atom stereocenters. The molecule has 1 amide bonds. The molecule has 2 aromatic carbocycles. The first-order chi connectivity index (χ1) is 12.2. The summed E-state index contributed by atoms with van der Waals surface area (Å²) in [6, 6.07) is 16.5. The highest BCUT2D eigenvalue weighted by Gasteiger charge is 2.13. The van der Waals surface area contributed by atoms with E-state index < -0.39 is 0 Å². The fourth-order valence-corrected chi connectivity index (χ4v) is 3.98. The van der Waals surface area contributed by atoms with Crippen LogP contribution in [0.25, 0.3) is 0 Å². The summed E-state index contributed by atoms with van der Waals surface area (Å²) in [7, 11) is 0. The number of hydrogen-bond acceptors (Lipinski definition) is 3. The highest BCUT2D eigenvalue weighted by Crippen LogP contribution is 2.20. The summed E-state index contributed by atoms with van der Waals surface area (Å²) in [5.74, 6) is 0.513. The van der Waals surface area contributed by atoms with Crippen LogP contribution in [0.3, 0.4) is 0 Å². The van der Waals surface area contributed by atoms with Gasteiger partial charge in [0.25, 0.3) is 0 Å². The summed E-state index contributed by atoms with van der Waals surface area (Å²) in [4.78, 5) is 15.8. The number of nitrogens with zero attached hydrogens (tertiary/aromatic N) is 1. The fraction of sp³-hybridized carbons (Fsp3) is 0.350. The van der Waals surface area contributed by atoms with Gasteiger partial charge in [-0.15, -0.1) is 11.8 Å². The number of amides is 1. The molecule has 1 heterocycles. The van der Waals surface area contributed by atoms with E-state index in [1.165, 1.54) is 37.1 Å². The minimum absolute atomic E-state index is 0.0731. The quantitative estimate of drug-likeness (QED) is 0.673. The molecule has 1 aliphatic heterocycles. The van der Waals surface area contributed by atoms with Crippen LogP contribution in [0.1, 0.15) is 24.0 Å². The molecule has 2 aromatic rings. The summed E-state index contributed by atoms with van der Waals surface area (Å²) < 4.78 is 1.05. The van der Waals surface area contributed by atoms with Gasteiger partial charge in [0, 0.05) is 22.5 Å². The number of likely N-dealkylation sites (tertiary alicyclic amines) is 1. The first kappa shape index (κ1) is 18.5. The standard InChI is InChI=1S/C20H23BrN2OS/c21-18-7-9-19(10-8-18)25-15-20(24)22-13-16-5-1-2-6-17(16)14-23-11-3-4-12-23/h1-2,5-10H,3-4,11-15H2,(H,22,24). The Morgan fingerprint density at radius 2 is 1.72 bits per heavy atom. The second-order valence-electron chi connectivity index (χ2n) is 6.27. The maximum atomic E-state index is 12.2. The lowest BCUT2D eigenvalue weighted by Gasteiger charge is -2.17. The number of thioether (sulfide) groups is 1. The first-order valence-electron chi connectivity index (χ1n) is 8.65. The van der Waals surface area contributed by atoms with Gasteiger partial charge in [0.1, 0.15) is 0 Å². The van der Waals surface area contributed by atoms with Crippen molar-refractivity contribution in [3.05, 3.63) is 64.1 Å². The van der Waals surface area contributed by atoms with Crippen LogP contribution in [-0.2, 0) is 17.9 Å². The topological polar surface area (TPSA) is 32.3 Å². The van der Waals surface area contributed by atoms with Crippen molar-refractivity contribution in [3.63, 3.8) is 0 Å². The van der Waals surface area contributed by atoms with Gasteiger partial charge < -0.3 is 5.32 Å². The smallest absolute Gasteiger partial charge is 0.230 e. The molecule has 0 bridgehead atoms. The van der Waals surface area contributed by atoms with Crippen LogP contribution in [-0.4, -0.2) is 29.6 Å². The summed E-state index contributed by atoms with van der Waals surface area (Å²) in [5, 5.41) is 3.06. The SMILES string of the molecule is O=C(CSc1ccc(Br)cc1)NCc1ccccc1CN1CCCC1. The van der Waals surface area contributed by atoms with Crippen LogP contribution in [0.4, 0.5) is 0 Å². The van der Waals surface area contributed by atoms with E-state index in [0.29, 0.717) is 12.3 Å². The summed E-state index contributed by atoms with van der Waals surface area (Å²) in [6.45, 7) is 3.96. The Morgan fingerprint density at radius 3 is 2.44 bits per heavy atom. The fourth-order valence-electron chi connectivity index (χ4n) is 2.99. The van der Waals surface area contributed by atoms with Crippen molar-refractivity contribution in [3.8, 4) is 0 Å². The van der Waals surface area contributed by atoms with E-state index in [1.54, 1.807) is 11.8 Å². The largest absolute Gasteiger partial charge is 0.351 e. The van der Waals surface area contributed by atoms with Gasteiger partial charge in [-0.05, 0) is 61.3 Å². The molecule has 0 unspecified atom stereocenters. The normalized spacial score (nSPS) is 14.6. The van der Waals surface area contributed by atoms with Gasteiger partial charge in [-0.3, -0.25) is 9.69 Å². The zero-order valence-corrected chi connectivity index (χ0v) is 16.6. The predicted octanol–water partition coefficient (Wildman–Crippen LogP) is 4.45. The highest BCUT2D eigenvalue weighted by molar-refractivity contribution is 9.10. The van der Waals surface area contributed by atoms with Crippen molar-refractivity contribution in [1.29, 1.82) is 0 Å². The lowest BCUT2D eigenvalue weighted by atomic mass is 10.1. The van der Waals surface area contributed by atoms with E-state index in [2.05, 4.69) is 44.3 Å². The molecule has 1 saturated heterocycles. The van der Waals surface area contributed by atoms with E-state index in [4.69, 9.17) is 0 Å². The summed E-state index contributed by atoms with van der Waals surface area (Å²) in [6.07, 6.45) is 2.60. The van der Waals surface area contributed by atoms with Gasteiger partial charge in [-0.2, -0.15) is 0 Å². The molecule has 0 aliphatic carbocycles. The number of nitrogens with one attached hydrogen (secondary N) is 1.